The van der Waals surface area contributed by atoms with Crippen molar-refractivity contribution in [3.05, 3.63) is 59.7 Å². The van der Waals surface area contributed by atoms with Crippen LogP contribution in [0.4, 0.5) is 0 Å². The number of carbonyl (C=O) groups excluding carboxylic acids is 10. The quantitative estimate of drug-likeness (QED) is 0.0829. The van der Waals surface area contributed by atoms with E-state index in [0.29, 0.717) is 62.5 Å². The van der Waals surface area contributed by atoms with E-state index in [4.69, 9.17) is 18.9 Å². The SMILES string of the molecule is COC(=O)[C@H](CC(C)C)NC(=O)[C@@H]1Cc2ccc(cc2)OC(=O)C23CC4CC(C2)CC(C4)(C3)C(=O)Oc2ccc(cc2)C[C@@H](C(=O)N[C@@H](CC(C)C)C(=O)OC)NC(=O)[C@H](CC(C)C)NC(=O)C23CC4CC(CC(C4)(C2)C(=O)N[C@@H](CC(C)C)C(=O)N1)C3. The van der Waals surface area contributed by atoms with Crippen LogP contribution in [-0.4, -0.2) is 110 Å². The highest BCUT2D eigenvalue weighted by Gasteiger charge is 2.66. The topological polar surface area (TPSA) is 280 Å². The van der Waals surface area contributed by atoms with Crippen molar-refractivity contribution in [3.8, 4) is 11.5 Å². The Morgan fingerprint density at radius 3 is 1.10 bits per heavy atom. The molecular formula is C68H94N6O14. The summed E-state index contributed by atoms with van der Waals surface area (Å²) in [6.45, 7) is 15.3. The molecule has 6 atom stereocenters. The van der Waals surface area contributed by atoms with Crippen LogP contribution < -0.4 is 41.4 Å². The molecule has 12 bridgehead atoms. The molecule has 3 aliphatic heterocycles. The molecule has 11 aliphatic rings. The van der Waals surface area contributed by atoms with Crippen LogP contribution >= 0.6 is 0 Å². The molecule has 3 heterocycles. The minimum atomic E-state index is -1.25. The monoisotopic (exact) mass is 1220 g/mol. The fourth-order valence-corrected chi connectivity index (χ4v) is 17.0. The molecule has 6 amide bonds. The van der Waals surface area contributed by atoms with Gasteiger partial charge in [0.2, 0.25) is 35.4 Å². The number of hydrogen-bond acceptors (Lipinski definition) is 14. The van der Waals surface area contributed by atoms with Crippen molar-refractivity contribution >= 4 is 59.3 Å². The van der Waals surface area contributed by atoms with Crippen molar-refractivity contribution in [1.29, 1.82) is 0 Å². The van der Waals surface area contributed by atoms with Gasteiger partial charge in [-0.2, -0.15) is 0 Å². The lowest BCUT2D eigenvalue weighted by Gasteiger charge is -2.60. The highest BCUT2D eigenvalue weighted by atomic mass is 16.5. The van der Waals surface area contributed by atoms with Crippen LogP contribution in [0, 0.1) is 69.0 Å². The minimum Gasteiger partial charge on any atom is -0.467 e. The lowest BCUT2D eigenvalue weighted by molar-refractivity contribution is -0.183. The number of fused-ring (bicyclic) bond motifs is 2. The highest BCUT2D eigenvalue weighted by Crippen LogP contribution is 2.67. The summed E-state index contributed by atoms with van der Waals surface area (Å²) in [5, 5.41) is 17.8. The molecule has 4 spiro atoms. The Morgan fingerprint density at radius 1 is 0.477 bits per heavy atom. The van der Waals surface area contributed by atoms with E-state index in [0.717, 1.165) is 12.8 Å². The number of hydrogen-bond donors (Lipinski definition) is 6. The zero-order valence-electron chi connectivity index (χ0n) is 53.1. The maximum atomic E-state index is 15.2. The van der Waals surface area contributed by atoms with Crippen LogP contribution in [0.3, 0.4) is 0 Å². The summed E-state index contributed by atoms with van der Waals surface area (Å²) < 4.78 is 22.5. The smallest absolute Gasteiger partial charge is 0.328 e. The van der Waals surface area contributed by atoms with Crippen LogP contribution in [0.5, 0.6) is 11.5 Å². The Kier molecular flexibility index (Phi) is 19.9. The fraction of sp³-hybridized carbons (Fsp3) is 0.676. The van der Waals surface area contributed by atoms with Gasteiger partial charge in [-0.05, 0) is 185 Å². The molecule has 88 heavy (non-hydrogen) atoms. The van der Waals surface area contributed by atoms with Crippen molar-refractivity contribution < 1.29 is 66.9 Å². The molecule has 480 valence electrons. The molecule has 0 unspecified atom stereocenters. The van der Waals surface area contributed by atoms with E-state index in [1.54, 1.807) is 48.5 Å². The van der Waals surface area contributed by atoms with Crippen molar-refractivity contribution in [2.75, 3.05) is 14.2 Å². The first-order valence-electron chi connectivity index (χ1n) is 32.2. The number of methoxy groups -OCH3 is 2. The molecule has 2 aromatic rings. The Morgan fingerprint density at radius 2 is 0.795 bits per heavy atom. The van der Waals surface area contributed by atoms with Crippen molar-refractivity contribution in [2.24, 2.45) is 69.0 Å². The lowest BCUT2D eigenvalue weighted by atomic mass is 9.43. The molecule has 0 aromatic heterocycles. The highest BCUT2D eigenvalue weighted by molar-refractivity contribution is 5.97. The van der Waals surface area contributed by atoms with E-state index in [-0.39, 0.29) is 122 Å². The Bertz CT molecular complexity index is 2760. The summed E-state index contributed by atoms with van der Waals surface area (Å²) in [4.78, 5) is 145. The number of rotatable bonds is 14. The van der Waals surface area contributed by atoms with Gasteiger partial charge in [-0.3, -0.25) is 38.4 Å². The van der Waals surface area contributed by atoms with Gasteiger partial charge in [0.15, 0.2) is 0 Å². The van der Waals surface area contributed by atoms with Crippen LogP contribution in [0.2, 0.25) is 0 Å². The molecule has 0 radical (unpaired) electrons. The van der Waals surface area contributed by atoms with Gasteiger partial charge >= 0.3 is 23.9 Å². The normalized spacial score (nSPS) is 32.2. The van der Waals surface area contributed by atoms with Gasteiger partial charge < -0.3 is 50.8 Å². The van der Waals surface area contributed by atoms with Crippen LogP contribution in [0.15, 0.2) is 48.5 Å². The zero-order valence-corrected chi connectivity index (χ0v) is 53.1. The summed E-state index contributed by atoms with van der Waals surface area (Å²) >= 11 is 0. The molecule has 8 aliphatic carbocycles. The van der Waals surface area contributed by atoms with E-state index in [9.17, 15) is 38.4 Å². The van der Waals surface area contributed by atoms with Gasteiger partial charge in [-0.15, -0.1) is 0 Å². The van der Waals surface area contributed by atoms with E-state index in [1.807, 2.05) is 55.4 Å². The number of nitrogens with one attached hydrogen (secondary N) is 6. The van der Waals surface area contributed by atoms with Crippen LogP contribution in [0.25, 0.3) is 0 Å². The molecule has 13 rings (SSSR count). The lowest BCUT2D eigenvalue weighted by Crippen LogP contribution is -2.64. The second-order valence-electron chi connectivity index (χ2n) is 29.4. The summed E-state index contributed by atoms with van der Waals surface area (Å²) in [5.74, 6) is -4.89. The van der Waals surface area contributed by atoms with Crippen molar-refractivity contribution in [3.63, 3.8) is 0 Å². The molecule has 8 fully saturated rings. The Labute approximate surface area is 517 Å². The molecule has 8 saturated carbocycles. The largest absolute Gasteiger partial charge is 0.467 e. The van der Waals surface area contributed by atoms with Gasteiger partial charge in [-0.25, -0.2) is 9.59 Å². The van der Waals surface area contributed by atoms with Gasteiger partial charge in [0.25, 0.3) is 0 Å². The maximum Gasteiger partial charge on any atom is 0.328 e. The summed E-state index contributed by atoms with van der Waals surface area (Å²) in [6, 6.07) is 6.61. The van der Waals surface area contributed by atoms with Gasteiger partial charge in [0.1, 0.15) is 47.8 Å². The first kappa shape index (κ1) is 65.6. The molecule has 0 saturated heterocycles. The third kappa shape index (κ3) is 14.7. The summed E-state index contributed by atoms with van der Waals surface area (Å²) in [7, 11) is 2.48. The van der Waals surface area contributed by atoms with Gasteiger partial charge in [0, 0.05) is 12.8 Å². The second kappa shape index (κ2) is 26.7. The maximum absolute atomic E-state index is 15.2. The first-order valence-corrected chi connectivity index (χ1v) is 32.2. The average molecular weight is 1220 g/mol. The molecular weight excluding hydrogens is 1120 g/mol. The molecule has 20 nitrogen and oxygen atoms in total. The standard InChI is InChI=1S/C68H94N6O14/c1-37(2)19-49-55(75)69-51(57(77)71-53(21-39(5)6)59(79)85-9)25-41-11-15-47(16-12-41)87-63(83)67-31-45-24-46(32-67)34-68(33-45,36-67)64(84)88-48-17-13-42(14-18-48)26-52(58(78)72-54(22-40(7)8)60(80)86-10)70-56(76)50(20-38(3)4)74-62(82)66-29-43-23-44(30-66)28-65(27-43,35-66)61(81)73-49/h11-18,37-40,43-46,49-54H,19-36H2,1-10H3,(H,69,75)(H,70,76)(H,71,77)(H,72,78)(H,73,81)(H,74,82)/t43?,44?,45?,46?,49-,50-,51-,52-,53-,54-,65?,66?,67?,68?/m0/s1. The number of esters is 4. The number of benzene rings is 2. The van der Waals surface area contributed by atoms with E-state index in [1.165, 1.54) is 14.2 Å². The van der Waals surface area contributed by atoms with Gasteiger partial charge in [-0.1, -0.05) is 79.7 Å². The van der Waals surface area contributed by atoms with E-state index >= 15 is 9.59 Å². The fourth-order valence-electron chi connectivity index (χ4n) is 17.0. The second-order valence-corrected chi connectivity index (χ2v) is 29.4. The Balaban J connectivity index is 1.06. The molecule has 6 N–H and O–H groups in total. The van der Waals surface area contributed by atoms with Crippen LogP contribution in [0.1, 0.15) is 169 Å². The summed E-state index contributed by atoms with van der Waals surface area (Å²) in [6.07, 6.45) is 7.28. The van der Waals surface area contributed by atoms with Crippen LogP contribution in [-0.2, 0) is 70.3 Å². The number of amides is 6. The van der Waals surface area contributed by atoms with E-state index in [2.05, 4.69) is 31.9 Å². The average Bonchev–Trinajstić information content (AvgIpc) is 0.789. The number of carbonyl (C=O) groups is 10. The third-order valence-electron chi connectivity index (χ3n) is 20.0. The number of ether oxygens (including phenoxy) is 4. The van der Waals surface area contributed by atoms with Gasteiger partial charge in [0.05, 0.1) is 35.9 Å². The minimum absolute atomic E-state index is 0.00712. The van der Waals surface area contributed by atoms with Crippen molar-refractivity contribution in [2.45, 2.75) is 207 Å². The predicted molar refractivity (Wildman–Crippen MR) is 324 cm³/mol. The Hall–Kier alpha value is -6.86. The molecule has 2 aromatic carbocycles. The third-order valence-corrected chi connectivity index (χ3v) is 20.0. The van der Waals surface area contributed by atoms with E-state index < -0.39 is 105 Å². The predicted octanol–water partition coefficient (Wildman–Crippen LogP) is 6.91. The first-order chi connectivity index (χ1) is 41.6. The molecule has 20 heteroatoms. The summed E-state index contributed by atoms with van der Waals surface area (Å²) in [5.41, 5.74) is -2.75. The van der Waals surface area contributed by atoms with Crippen molar-refractivity contribution in [1.82, 2.24) is 31.9 Å². The zero-order chi connectivity index (χ0) is 63.6.